The van der Waals surface area contributed by atoms with E-state index in [1.807, 2.05) is 18.2 Å². The van der Waals surface area contributed by atoms with Crippen molar-refractivity contribution in [2.45, 2.75) is 19.3 Å². The van der Waals surface area contributed by atoms with E-state index >= 15 is 0 Å². The Morgan fingerprint density at radius 2 is 1.95 bits per heavy atom. The summed E-state index contributed by atoms with van der Waals surface area (Å²) in [6, 6.07) is 10.3. The fraction of sp³-hybridized carbons (Fsp3) is 0.500. The van der Waals surface area contributed by atoms with Crippen LogP contribution in [0.4, 0.5) is 0 Å². The number of benzene rings is 1. The maximum absolute atomic E-state index is 11.1. The van der Waals surface area contributed by atoms with Crippen molar-refractivity contribution in [3.05, 3.63) is 35.9 Å². The third-order valence-corrected chi connectivity index (χ3v) is 2.54. The highest BCUT2D eigenvalue weighted by Gasteiger charge is 1.97. The quantitative estimate of drug-likeness (QED) is 0.677. The fourth-order valence-electron chi connectivity index (χ4n) is 1.56. The molecule has 0 atom stereocenters. The molecule has 3 N–H and O–H groups in total. The standard InChI is InChI=1S/C14H22N2O2.ClH/c15-9-7-14(17)16-10-4-11-18-12-8-13-5-2-1-3-6-13;/h1-3,5-6H,4,7-12,15H2,(H,16,17);1H. The van der Waals surface area contributed by atoms with Crippen LogP contribution in [0.5, 0.6) is 0 Å². The molecule has 1 aromatic carbocycles. The molecule has 1 rings (SSSR count). The Morgan fingerprint density at radius 1 is 1.21 bits per heavy atom. The van der Waals surface area contributed by atoms with Crippen LogP contribution >= 0.6 is 12.4 Å². The molecule has 0 aliphatic rings. The predicted octanol–water partition coefficient (Wildman–Crippen LogP) is 1.52. The van der Waals surface area contributed by atoms with Crippen molar-refractivity contribution in [1.82, 2.24) is 5.32 Å². The van der Waals surface area contributed by atoms with Crippen molar-refractivity contribution in [3.8, 4) is 0 Å². The SMILES string of the molecule is Cl.NCCC(=O)NCCCOCCc1ccccc1. The molecule has 108 valence electrons. The number of hydrogen-bond donors (Lipinski definition) is 2. The Morgan fingerprint density at radius 3 is 2.63 bits per heavy atom. The minimum Gasteiger partial charge on any atom is -0.381 e. The lowest BCUT2D eigenvalue weighted by Crippen LogP contribution is -2.27. The number of carbonyl (C=O) groups excluding carboxylic acids is 1. The molecule has 19 heavy (non-hydrogen) atoms. The van der Waals surface area contributed by atoms with Gasteiger partial charge in [0, 0.05) is 26.1 Å². The molecule has 0 aromatic heterocycles. The molecule has 1 amide bonds. The number of amides is 1. The van der Waals surface area contributed by atoms with Crippen LogP contribution < -0.4 is 11.1 Å². The van der Waals surface area contributed by atoms with Crippen molar-refractivity contribution in [2.24, 2.45) is 5.73 Å². The van der Waals surface area contributed by atoms with Crippen LogP contribution in [-0.2, 0) is 16.0 Å². The van der Waals surface area contributed by atoms with Gasteiger partial charge in [0.15, 0.2) is 0 Å². The second-order valence-corrected chi connectivity index (χ2v) is 4.09. The zero-order valence-electron chi connectivity index (χ0n) is 11.1. The maximum atomic E-state index is 11.1. The van der Waals surface area contributed by atoms with Crippen LogP contribution in [-0.4, -0.2) is 32.2 Å². The second kappa shape index (κ2) is 12.0. The molecule has 0 aliphatic heterocycles. The first-order valence-electron chi connectivity index (χ1n) is 6.41. The third-order valence-electron chi connectivity index (χ3n) is 2.54. The second-order valence-electron chi connectivity index (χ2n) is 4.09. The van der Waals surface area contributed by atoms with Gasteiger partial charge in [-0.1, -0.05) is 30.3 Å². The number of nitrogens with one attached hydrogen (secondary N) is 1. The zero-order chi connectivity index (χ0) is 13.1. The van der Waals surface area contributed by atoms with Gasteiger partial charge in [-0.05, 0) is 18.4 Å². The first kappa shape index (κ1) is 17.9. The highest BCUT2D eigenvalue weighted by Crippen LogP contribution is 1.99. The number of carbonyl (C=O) groups is 1. The van der Waals surface area contributed by atoms with E-state index < -0.39 is 0 Å². The van der Waals surface area contributed by atoms with Gasteiger partial charge < -0.3 is 15.8 Å². The summed E-state index contributed by atoms with van der Waals surface area (Å²) in [5.41, 5.74) is 6.56. The Bertz CT molecular complexity index is 333. The summed E-state index contributed by atoms with van der Waals surface area (Å²) in [6.45, 7) is 2.46. The smallest absolute Gasteiger partial charge is 0.221 e. The van der Waals surface area contributed by atoms with Gasteiger partial charge in [-0.15, -0.1) is 12.4 Å². The molecule has 0 heterocycles. The van der Waals surface area contributed by atoms with Crippen molar-refractivity contribution in [1.29, 1.82) is 0 Å². The molecule has 0 saturated carbocycles. The largest absolute Gasteiger partial charge is 0.381 e. The minimum absolute atomic E-state index is 0. The van der Waals surface area contributed by atoms with Gasteiger partial charge in [0.2, 0.25) is 5.91 Å². The average molecular weight is 287 g/mol. The molecular formula is C14H23ClN2O2. The number of ether oxygens (including phenoxy) is 1. The lowest BCUT2D eigenvalue weighted by molar-refractivity contribution is -0.120. The number of rotatable bonds is 9. The van der Waals surface area contributed by atoms with Gasteiger partial charge in [-0.3, -0.25) is 4.79 Å². The normalized spacial score (nSPS) is 9.74. The van der Waals surface area contributed by atoms with Crippen molar-refractivity contribution in [3.63, 3.8) is 0 Å². The van der Waals surface area contributed by atoms with E-state index in [4.69, 9.17) is 10.5 Å². The monoisotopic (exact) mass is 286 g/mol. The number of halogens is 1. The summed E-state index contributed by atoms with van der Waals surface area (Å²) >= 11 is 0. The molecule has 4 nitrogen and oxygen atoms in total. The van der Waals surface area contributed by atoms with E-state index in [2.05, 4.69) is 17.4 Å². The Hall–Kier alpha value is -1.10. The van der Waals surface area contributed by atoms with Crippen molar-refractivity contribution in [2.75, 3.05) is 26.3 Å². The van der Waals surface area contributed by atoms with Crippen LogP contribution in [0, 0.1) is 0 Å². The van der Waals surface area contributed by atoms with Crippen LogP contribution in [0.2, 0.25) is 0 Å². The molecule has 0 bridgehead atoms. The van der Waals surface area contributed by atoms with Crippen molar-refractivity contribution < 1.29 is 9.53 Å². The predicted molar refractivity (Wildman–Crippen MR) is 79.5 cm³/mol. The molecule has 0 unspecified atom stereocenters. The summed E-state index contributed by atoms with van der Waals surface area (Å²) in [6.07, 6.45) is 2.17. The van der Waals surface area contributed by atoms with E-state index in [-0.39, 0.29) is 18.3 Å². The van der Waals surface area contributed by atoms with Crippen LogP contribution in [0.3, 0.4) is 0 Å². The molecular weight excluding hydrogens is 264 g/mol. The van der Waals surface area contributed by atoms with Crippen LogP contribution in [0.1, 0.15) is 18.4 Å². The summed E-state index contributed by atoms with van der Waals surface area (Å²) in [5, 5.41) is 2.79. The molecule has 1 aromatic rings. The average Bonchev–Trinajstić information content (AvgIpc) is 2.39. The summed E-state index contributed by atoms with van der Waals surface area (Å²) in [5.74, 6) is 0.0155. The third kappa shape index (κ3) is 9.47. The van der Waals surface area contributed by atoms with Gasteiger partial charge in [-0.25, -0.2) is 0 Å². The van der Waals surface area contributed by atoms with E-state index in [1.165, 1.54) is 5.56 Å². The maximum Gasteiger partial charge on any atom is 0.221 e. The lowest BCUT2D eigenvalue weighted by Gasteiger charge is -2.06. The highest BCUT2D eigenvalue weighted by atomic mass is 35.5. The number of hydrogen-bond acceptors (Lipinski definition) is 3. The van der Waals surface area contributed by atoms with Gasteiger partial charge in [0.05, 0.1) is 6.61 Å². The summed E-state index contributed by atoms with van der Waals surface area (Å²) < 4.78 is 5.50. The molecule has 0 fully saturated rings. The Balaban J connectivity index is 0.00000324. The van der Waals surface area contributed by atoms with Crippen molar-refractivity contribution >= 4 is 18.3 Å². The summed E-state index contributed by atoms with van der Waals surface area (Å²) in [7, 11) is 0. The van der Waals surface area contributed by atoms with Gasteiger partial charge >= 0.3 is 0 Å². The summed E-state index contributed by atoms with van der Waals surface area (Å²) in [4.78, 5) is 11.1. The van der Waals surface area contributed by atoms with E-state index in [0.717, 1.165) is 19.4 Å². The van der Waals surface area contributed by atoms with E-state index in [1.54, 1.807) is 0 Å². The van der Waals surface area contributed by atoms with Gasteiger partial charge in [0.1, 0.15) is 0 Å². The van der Waals surface area contributed by atoms with E-state index in [9.17, 15) is 4.79 Å². The Labute approximate surface area is 121 Å². The minimum atomic E-state index is 0. The Kier molecular flexibility index (Phi) is 11.3. The molecule has 0 aliphatic carbocycles. The fourth-order valence-corrected chi connectivity index (χ4v) is 1.56. The first-order valence-corrected chi connectivity index (χ1v) is 6.41. The first-order chi connectivity index (χ1) is 8.83. The van der Waals surface area contributed by atoms with Crippen LogP contribution in [0.25, 0.3) is 0 Å². The van der Waals surface area contributed by atoms with E-state index in [0.29, 0.717) is 26.1 Å². The highest BCUT2D eigenvalue weighted by molar-refractivity contribution is 5.85. The van der Waals surface area contributed by atoms with Gasteiger partial charge in [0.25, 0.3) is 0 Å². The number of nitrogens with two attached hydrogens (primary N) is 1. The topological polar surface area (TPSA) is 64.4 Å². The van der Waals surface area contributed by atoms with Gasteiger partial charge in [-0.2, -0.15) is 0 Å². The molecule has 0 spiro atoms. The lowest BCUT2D eigenvalue weighted by atomic mass is 10.2. The van der Waals surface area contributed by atoms with Crippen LogP contribution in [0.15, 0.2) is 30.3 Å². The molecule has 5 heteroatoms. The molecule has 0 radical (unpaired) electrons. The zero-order valence-corrected chi connectivity index (χ0v) is 12.0. The molecule has 0 saturated heterocycles.